The molecule has 0 aliphatic heterocycles. The van der Waals surface area contributed by atoms with E-state index in [0.717, 1.165) is 34.1 Å². The minimum Gasteiger partial charge on any atom is -0.494 e. The highest BCUT2D eigenvalue weighted by Crippen LogP contribution is 2.33. The van der Waals surface area contributed by atoms with Crippen molar-refractivity contribution in [2.45, 2.75) is 19.9 Å². The molecular formula is C26H24N6O2. The first-order chi connectivity index (χ1) is 16.6. The second-order valence-corrected chi connectivity index (χ2v) is 7.90. The maximum atomic E-state index is 12.0. The molecule has 2 aromatic carbocycles. The lowest BCUT2D eigenvalue weighted by atomic mass is 10.1. The van der Waals surface area contributed by atoms with Crippen molar-refractivity contribution < 1.29 is 9.53 Å². The predicted octanol–water partition coefficient (Wildman–Crippen LogP) is 5.13. The molecule has 34 heavy (non-hydrogen) atoms. The van der Waals surface area contributed by atoms with Gasteiger partial charge in [0.25, 0.3) is 0 Å². The Morgan fingerprint density at radius 2 is 2.03 bits per heavy atom. The maximum Gasteiger partial charge on any atom is 0.224 e. The molecule has 170 valence electrons. The van der Waals surface area contributed by atoms with Gasteiger partial charge in [0.2, 0.25) is 5.91 Å². The van der Waals surface area contributed by atoms with Crippen molar-refractivity contribution >= 4 is 44.9 Å². The highest BCUT2D eigenvalue weighted by atomic mass is 16.5. The van der Waals surface area contributed by atoms with Gasteiger partial charge in [-0.05, 0) is 42.0 Å². The summed E-state index contributed by atoms with van der Waals surface area (Å²) in [6.45, 7) is 2.56. The van der Waals surface area contributed by atoms with Crippen molar-refractivity contribution in [1.29, 1.82) is 0 Å². The second kappa shape index (κ2) is 9.19. The number of fused-ring (bicyclic) bond motifs is 2. The van der Waals surface area contributed by atoms with E-state index in [9.17, 15) is 4.79 Å². The Morgan fingerprint density at radius 1 is 1.12 bits per heavy atom. The van der Waals surface area contributed by atoms with Crippen LogP contribution < -0.4 is 15.4 Å². The molecule has 0 aliphatic rings. The normalized spacial score (nSPS) is 11.0. The highest BCUT2D eigenvalue weighted by Gasteiger charge is 2.13. The van der Waals surface area contributed by atoms with Gasteiger partial charge in [0.15, 0.2) is 0 Å². The van der Waals surface area contributed by atoms with Crippen LogP contribution in [0.1, 0.15) is 18.9 Å². The van der Waals surface area contributed by atoms with Gasteiger partial charge in [-0.15, -0.1) is 0 Å². The fraction of sp³-hybridized carbons (Fsp3) is 0.154. The van der Waals surface area contributed by atoms with Crippen LogP contribution in [-0.2, 0) is 11.3 Å². The van der Waals surface area contributed by atoms with Gasteiger partial charge in [0.05, 0.1) is 18.3 Å². The van der Waals surface area contributed by atoms with E-state index in [-0.39, 0.29) is 5.91 Å². The lowest BCUT2D eigenvalue weighted by molar-refractivity contribution is -0.115. The van der Waals surface area contributed by atoms with Gasteiger partial charge in [-0.2, -0.15) is 0 Å². The minimum absolute atomic E-state index is 0.0924. The Bertz CT molecular complexity index is 1480. The number of nitrogens with zero attached hydrogens (tertiary/aromatic N) is 4. The molecule has 0 spiro atoms. The average Bonchev–Trinajstić information content (AvgIpc) is 3.26. The summed E-state index contributed by atoms with van der Waals surface area (Å²) in [5.74, 6) is 1.11. The van der Waals surface area contributed by atoms with E-state index >= 15 is 0 Å². The third-order valence-electron chi connectivity index (χ3n) is 5.66. The van der Waals surface area contributed by atoms with E-state index in [2.05, 4.69) is 60.6 Å². The number of rotatable bonds is 7. The van der Waals surface area contributed by atoms with Crippen LogP contribution in [0.4, 0.5) is 17.2 Å². The van der Waals surface area contributed by atoms with Crippen molar-refractivity contribution in [3.63, 3.8) is 0 Å². The zero-order valence-corrected chi connectivity index (χ0v) is 18.9. The van der Waals surface area contributed by atoms with Gasteiger partial charge in [0, 0.05) is 59.6 Å². The number of carbonyl (C=O) groups excluding carboxylic acids is 1. The number of ether oxygens (including phenoxy) is 1. The molecule has 1 amide bonds. The lowest BCUT2D eigenvalue weighted by Crippen LogP contribution is -2.10. The number of anilines is 3. The number of amides is 1. The minimum atomic E-state index is -0.0924. The first-order valence-electron chi connectivity index (χ1n) is 11.0. The predicted molar refractivity (Wildman–Crippen MR) is 134 cm³/mol. The molecule has 0 aliphatic carbocycles. The van der Waals surface area contributed by atoms with Crippen LogP contribution in [0.5, 0.6) is 5.75 Å². The fourth-order valence-electron chi connectivity index (χ4n) is 3.93. The summed E-state index contributed by atoms with van der Waals surface area (Å²) in [6, 6.07) is 16.0. The first-order valence-corrected chi connectivity index (χ1v) is 11.0. The van der Waals surface area contributed by atoms with Crippen molar-refractivity contribution in [2.75, 3.05) is 17.7 Å². The van der Waals surface area contributed by atoms with Gasteiger partial charge >= 0.3 is 0 Å². The van der Waals surface area contributed by atoms with E-state index in [4.69, 9.17) is 4.74 Å². The monoisotopic (exact) mass is 452 g/mol. The molecule has 3 heterocycles. The molecule has 5 rings (SSSR count). The average molecular weight is 453 g/mol. The molecule has 0 saturated carbocycles. The molecule has 0 bridgehead atoms. The van der Waals surface area contributed by atoms with Crippen molar-refractivity contribution in [2.24, 2.45) is 0 Å². The summed E-state index contributed by atoms with van der Waals surface area (Å²) < 4.78 is 7.65. The summed E-state index contributed by atoms with van der Waals surface area (Å²) >= 11 is 0. The van der Waals surface area contributed by atoms with Crippen molar-refractivity contribution in [1.82, 2.24) is 19.5 Å². The summed E-state index contributed by atoms with van der Waals surface area (Å²) in [6.07, 6.45) is 7.63. The number of carbonyl (C=O) groups is 1. The Hall–Kier alpha value is -4.46. The summed E-state index contributed by atoms with van der Waals surface area (Å²) in [5, 5.41) is 8.19. The van der Waals surface area contributed by atoms with Gasteiger partial charge in [-0.1, -0.05) is 13.0 Å². The summed E-state index contributed by atoms with van der Waals surface area (Å²) in [5.41, 5.74) is 4.49. The van der Waals surface area contributed by atoms with E-state index in [1.165, 1.54) is 6.33 Å². The fourth-order valence-corrected chi connectivity index (χ4v) is 3.93. The largest absolute Gasteiger partial charge is 0.494 e. The number of hydrogen-bond acceptors (Lipinski definition) is 6. The number of nitrogens with one attached hydrogen (secondary N) is 2. The number of methoxy groups -OCH3 is 1. The molecule has 3 aromatic heterocycles. The van der Waals surface area contributed by atoms with E-state index in [1.54, 1.807) is 26.3 Å². The standard InChI is InChI=1S/C26H24N6O2/c1-3-25(33)31-22-12-20-21(13-24(22)34-2)28-16-29-26(20)30-19-6-7-23-18(11-19)8-10-32(23)15-17-5-4-9-27-14-17/h4-14,16H,3,15H2,1-2H3,(H,31,33)(H,28,29,30). The molecule has 0 fully saturated rings. The molecule has 0 unspecified atom stereocenters. The third-order valence-corrected chi connectivity index (χ3v) is 5.66. The first kappa shape index (κ1) is 21.4. The SMILES string of the molecule is CCC(=O)Nc1cc2c(Nc3ccc4c(ccn4Cc4cccnc4)c3)ncnc2cc1OC. The van der Waals surface area contributed by atoms with Crippen LogP contribution in [-0.4, -0.2) is 32.5 Å². The Labute approximate surface area is 196 Å². The van der Waals surface area contributed by atoms with Crippen molar-refractivity contribution in [3.8, 4) is 5.75 Å². The van der Waals surface area contributed by atoms with E-state index in [0.29, 0.717) is 29.2 Å². The molecule has 0 atom stereocenters. The third kappa shape index (κ3) is 4.25. The zero-order chi connectivity index (χ0) is 23.5. The van der Waals surface area contributed by atoms with Crippen LogP contribution in [0, 0.1) is 0 Å². The number of pyridine rings is 1. The molecule has 8 heteroatoms. The molecule has 5 aromatic rings. The topological polar surface area (TPSA) is 94.0 Å². The van der Waals surface area contributed by atoms with Crippen molar-refractivity contribution in [3.05, 3.63) is 79.0 Å². The van der Waals surface area contributed by atoms with Crippen LogP contribution in [0.3, 0.4) is 0 Å². The Kier molecular flexibility index (Phi) is 5.78. The molecule has 0 radical (unpaired) electrons. The summed E-state index contributed by atoms with van der Waals surface area (Å²) in [7, 11) is 1.57. The lowest BCUT2D eigenvalue weighted by Gasteiger charge is -2.14. The molecule has 0 saturated heterocycles. The summed E-state index contributed by atoms with van der Waals surface area (Å²) in [4.78, 5) is 25.0. The number of benzene rings is 2. The quantitative estimate of drug-likeness (QED) is 0.356. The van der Waals surface area contributed by atoms with Crippen LogP contribution in [0.2, 0.25) is 0 Å². The second-order valence-electron chi connectivity index (χ2n) is 7.90. The Balaban J connectivity index is 1.47. The van der Waals surface area contributed by atoms with E-state index < -0.39 is 0 Å². The van der Waals surface area contributed by atoms with Gasteiger partial charge in [-0.25, -0.2) is 9.97 Å². The van der Waals surface area contributed by atoms with Crippen LogP contribution in [0.25, 0.3) is 21.8 Å². The van der Waals surface area contributed by atoms with Crippen LogP contribution in [0.15, 0.2) is 73.4 Å². The maximum absolute atomic E-state index is 12.0. The smallest absolute Gasteiger partial charge is 0.224 e. The Morgan fingerprint density at radius 3 is 2.82 bits per heavy atom. The van der Waals surface area contributed by atoms with Gasteiger partial charge in [-0.3, -0.25) is 9.78 Å². The zero-order valence-electron chi connectivity index (χ0n) is 18.9. The molecule has 8 nitrogen and oxygen atoms in total. The molecular weight excluding hydrogens is 428 g/mol. The van der Waals surface area contributed by atoms with Gasteiger partial charge in [0.1, 0.15) is 17.9 Å². The van der Waals surface area contributed by atoms with E-state index in [1.807, 2.05) is 24.4 Å². The van der Waals surface area contributed by atoms with Gasteiger partial charge < -0.3 is 19.9 Å². The highest BCUT2D eigenvalue weighted by molar-refractivity contribution is 5.99. The van der Waals surface area contributed by atoms with Crippen LogP contribution >= 0.6 is 0 Å². The number of aromatic nitrogens is 4. The molecule has 2 N–H and O–H groups in total. The number of hydrogen-bond donors (Lipinski definition) is 2.